The zero-order chi connectivity index (χ0) is 12.7. The molecule has 0 bridgehead atoms. The van der Waals surface area contributed by atoms with E-state index in [1.54, 1.807) is 18.2 Å². The van der Waals surface area contributed by atoms with Gasteiger partial charge in [0.05, 0.1) is 6.26 Å². The Bertz CT molecular complexity index is 531. The van der Waals surface area contributed by atoms with Crippen LogP contribution in [0.4, 0.5) is 0 Å². The smallest absolute Gasteiger partial charge is 0.306 e. The molecular formula is C12H16O4S. The quantitative estimate of drug-likeness (QED) is 0.761. The minimum atomic E-state index is -3.47. The summed E-state index contributed by atoms with van der Waals surface area (Å²) in [5, 5.41) is 0. The molecule has 0 N–H and O–H groups in total. The molecule has 94 valence electrons. The first-order chi connectivity index (χ1) is 7.75. The van der Waals surface area contributed by atoms with Crippen LogP contribution in [-0.2, 0) is 16.5 Å². The van der Waals surface area contributed by atoms with Crippen molar-refractivity contribution in [3.05, 3.63) is 23.8 Å². The van der Waals surface area contributed by atoms with Crippen LogP contribution < -0.4 is 8.92 Å². The molecule has 2 rings (SSSR count). The third-order valence-corrected chi connectivity index (χ3v) is 3.16. The third kappa shape index (κ3) is 3.12. The topological polar surface area (TPSA) is 52.6 Å². The van der Waals surface area contributed by atoms with Gasteiger partial charge in [0.2, 0.25) is 0 Å². The van der Waals surface area contributed by atoms with E-state index in [1.165, 1.54) is 0 Å². The fourth-order valence-corrected chi connectivity index (χ4v) is 2.32. The molecule has 1 aromatic rings. The van der Waals surface area contributed by atoms with Crippen molar-refractivity contribution in [3.8, 4) is 11.5 Å². The van der Waals surface area contributed by atoms with Crippen LogP contribution in [0.15, 0.2) is 18.2 Å². The van der Waals surface area contributed by atoms with Gasteiger partial charge in [-0.15, -0.1) is 0 Å². The molecule has 0 spiro atoms. The minimum absolute atomic E-state index is 0.161. The normalized spacial score (nSPS) is 18.1. The summed E-state index contributed by atoms with van der Waals surface area (Å²) in [5.41, 5.74) is 0.831. The maximum Gasteiger partial charge on any atom is 0.306 e. The van der Waals surface area contributed by atoms with Crippen LogP contribution in [-0.4, -0.2) is 20.3 Å². The highest BCUT2D eigenvalue weighted by Gasteiger charge is 2.26. The Morgan fingerprint density at radius 3 is 2.71 bits per heavy atom. The molecule has 0 atom stereocenters. The number of aryl methyl sites for hydroxylation is 1. The number of rotatable bonds is 2. The van der Waals surface area contributed by atoms with Crippen molar-refractivity contribution >= 4 is 10.1 Å². The number of ether oxygens (including phenoxy) is 1. The van der Waals surface area contributed by atoms with Crippen molar-refractivity contribution in [2.24, 2.45) is 0 Å². The summed E-state index contributed by atoms with van der Waals surface area (Å²) >= 11 is 0. The molecule has 1 aromatic carbocycles. The van der Waals surface area contributed by atoms with E-state index >= 15 is 0 Å². The van der Waals surface area contributed by atoms with E-state index in [4.69, 9.17) is 8.92 Å². The van der Waals surface area contributed by atoms with Gasteiger partial charge in [-0.2, -0.15) is 8.42 Å². The van der Waals surface area contributed by atoms with Crippen LogP contribution >= 0.6 is 0 Å². The zero-order valence-electron chi connectivity index (χ0n) is 10.2. The van der Waals surface area contributed by atoms with E-state index in [9.17, 15) is 8.42 Å². The lowest BCUT2D eigenvalue weighted by atomic mass is 9.94. The highest BCUT2D eigenvalue weighted by molar-refractivity contribution is 7.86. The van der Waals surface area contributed by atoms with Crippen molar-refractivity contribution in [1.29, 1.82) is 0 Å². The lowest BCUT2D eigenvalue weighted by Gasteiger charge is -2.32. The molecule has 17 heavy (non-hydrogen) atoms. The van der Waals surface area contributed by atoms with E-state index in [2.05, 4.69) is 0 Å². The summed E-state index contributed by atoms with van der Waals surface area (Å²) in [5.74, 6) is 1.15. The average molecular weight is 256 g/mol. The number of hydrogen-bond acceptors (Lipinski definition) is 4. The van der Waals surface area contributed by atoms with Gasteiger partial charge in [-0.3, -0.25) is 0 Å². The summed E-state index contributed by atoms with van der Waals surface area (Å²) in [6.07, 6.45) is 2.80. The van der Waals surface area contributed by atoms with Gasteiger partial charge < -0.3 is 8.92 Å². The highest BCUT2D eigenvalue weighted by atomic mass is 32.2. The Balaban J connectivity index is 2.28. The number of hydrogen-bond donors (Lipinski definition) is 0. The Kier molecular flexibility index (Phi) is 2.81. The first-order valence-electron chi connectivity index (χ1n) is 5.47. The molecule has 0 saturated carbocycles. The lowest BCUT2D eigenvalue weighted by molar-refractivity contribution is 0.0846. The zero-order valence-corrected chi connectivity index (χ0v) is 11.0. The van der Waals surface area contributed by atoms with Gasteiger partial charge >= 0.3 is 10.1 Å². The van der Waals surface area contributed by atoms with E-state index < -0.39 is 10.1 Å². The van der Waals surface area contributed by atoms with Crippen molar-refractivity contribution in [3.63, 3.8) is 0 Å². The average Bonchev–Trinajstić information content (AvgIpc) is 2.15. The predicted molar refractivity (Wildman–Crippen MR) is 64.9 cm³/mol. The molecule has 4 nitrogen and oxygen atoms in total. The number of benzene rings is 1. The molecule has 0 amide bonds. The summed E-state index contributed by atoms with van der Waals surface area (Å²) in [6, 6.07) is 5.10. The Labute approximate surface area is 102 Å². The molecule has 1 heterocycles. The number of fused-ring (bicyclic) bond motifs is 1. The first-order valence-corrected chi connectivity index (χ1v) is 7.28. The molecule has 0 fully saturated rings. The predicted octanol–water partition coefficient (Wildman–Crippen LogP) is 2.13. The van der Waals surface area contributed by atoms with Crippen molar-refractivity contribution in [1.82, 2.24) is 0 Å². The molecule has 0 radical (unpaired) electrons. The molecule has 0 saturated heterocycles. The van der Waals surface area contributed by atoms with E-state index in [0.717, 1.165) is 30.4 Å². The van der Waals surface area contributed by atoms with Crippen LogP contribution in [0.3, 0.4) is 0 Å². The Morgan fingerprint density at radius 1 is 1.35 bits per heavy atom. The van der Waals surface area contributed by atoms with Gasteiger partial charge in [0, 0.05) is 0 Å². The second-order valence-electron chi connectivity index (χ2n) is 4.92. The monoisotopic (exact) mass is 256 g/mol. The Morgan fingerprint density at radius 2 is 2.06 bits per heavy atom. The SMILES string of the molecule is CC1(C)CCc2cc(OS(C)(=O)=O)ccc2O1. The first kappa shape index (κ1) is 12.2. The van der Waals surface area contributed by atoms with Gasteiger partial charge in [-0.25, -0.2) is 0 Å². The summed E-state index contributed by atoms with van der Waals surface area (Å²) in [7, 11) is -3.47. The minimum Gasteiger partial charge on any atom is -0.488 e. The van der Waals surface area contributed by atoms with E-state index in [-0.39, 0.29) is 5.60 Å². The fourth-order valence-electron chi connectivity index (χ4n) is 1.86. The van der Waals surface area contributed by atoms with E-state index in [1.807, 2.05) is 13.8 Å². The van der Waals surface area contributed by atoms with Crippen molar-refractivity contribution in [2.45, 2.75) is 32.3 Å². The van der Waals surface area contributed by atoms with Crippen molar-refractivity contribution in [2.75, 3.05) is 6.26 Å². The standard InChI is InChI=1S/C12H16O4S/c1-12(2)7-6-9-8-10(16-17(3,13)14)4-5-11(9)15-12/h4-5,8H,6-7H2,1-3H3. The molecule has 0 aromatic heterocycles. The van der Waals surface area contributed by atoms with Crippen LogP contribution in [0.2, 0.25) is 0 Å². The molecule has 1 aliphatic heterocycles. The molecule has 5 heteroatoms. The van der Waals surface area contributed by atoms with Gasteiger partial charge in [-0.05, 0) is 50.5 Å². The van der Waals surface area contributed by atoms with Crippen LogP contribution in [0.1, 0.15) is 25.8 Å². The molecule has 0 unspecified atom stereocenters. The van der Waals surface area contributed by atoms with Gasteiger partial charge in [-0.1, -0.05) is 0 Å². The second-order valence-corrected chi connectivity index (χ2v) is 6.49. The van der Waals surface area contributed by atoms with Crippen LogP contribution in [0, 0.1) is 0 Å². The lowest BCUT2D eigenvalue weighted by Crippen LogP contribution is -2.32. The second kappa shape index (κ2) is 3.91. The molecular weight excluding hydrogens is 240 g/mol. The highest BCUT2D eigenvalue weighted by Crippen LogP contribution is 2.35. The van der Waals surface area contributed by atoms with Crippen LogP contribution in [0.5, 0.6) is 11.5 Å². The third-order valence-electron chi connectivity index (χ3n) is 2.66. The van der Waals surface area contributed by atoms with Gasteiger partial charge in [0.25, 0.3) is 0 Å². The Hall–Kier alpha value is -1.23. The molecule has 1 aliphatic rings. The largest absolute Gasteiger partial charge is 0.488 e. The van der Waals surface area contributed by atoms with Gasteiger partial charge in [0.1, 0.15) is 17.1 Å². The molecule has 0 aliphatic carbocycles. The van der Waals surface area contributed by atoms with Crippen molar-refractivity contribution < 1.29 is 17.3 Å². The fraction of sp³-hybridized carbons (Fsp3) is 0.500. The maximum absolute atomic E-state index is 11.0. The van der Waals surface area contributed by atoms with E-state index in [0.29, 0.717) is 5.75 Å². The summed E-state index contributed by atoms with van der Waals surface area (Å²) < 4.78 is 32.7. The van der Waals surface area contributed by atoms with Crippen LogP contribution in [0.25, 0.3) is 0 Å². The van der Waals surface area contributed by atoms with Gasteiger partial charge in [0.15, 0.2) is 0 Å². The summed E-state index contributed by atoms with van der Waals surface area (Å²) in [6.45, 7) is 4.08. The summed E-state index contributed by atoms with van der Waals surface area (Å²) in [4.78, 5) is 0. The maximum atomic E-state index is 11.0.